The fraction of sp³-hybridized carbons (Fsp3) is 0.273. The van der Waals surface area contributed by atoms with E-state index in [1.165, 1.54) is 0 Å². The summed E-state index contributed by atoms with van der Waals surface area (Å²) in [4.78, 5) is 18.8. The molecule has 5 nitrogen and oxygen atoms in total. The number of rotatable bonds is 5. The maximum absolute atomic E-state index is 12.5. The van der Waals surface area contributed by atoms with Gasteiger partial charge < -0.3 is 14.4 Å². The molecule has 1 amide bonds. The molecule has 0 saturated carbocycles. The zero-order valence-electron chi connectivity index (χ0n) is 15.5. The van der Waals surface area contributed by atoms with Gasteiger partial charge in [0, 0.05) is 17.0 Å². The third-order valence-electron chi connectivity index (χ3n) is 4.47. The van der Waals surface area contributed by atoms with Gasteiger partial charge in [-0.1, -0.05) is 18.2 Å². The molecule has 4 rings (SSSR count). The van der Waals surface area contributed by atoms with Gasteiger partial charge in [-0.25, -0.2) is 4.98 Å². The van der Waals surface area contributed by atoms with E-state index in [1.807, 2.05) is 62.4 Å². The first-order valence-corrected chi connectivity index (χ1v) is 9.17. The van der Waals surface area contributed by atoms with E-state index in [2.05, 4.69) is 4.98 Å². The highest BCUT2D eigenvalue weighted by atomic mass is 16.5. The van der Waals surface area contributed by atoms with Crippen LogP contribution in [0, 0.1) is 0 Å². The minimum Gasteiger partial charge on any atom is -0.491 e. The van der Waals surface area contributed by atoms with E-state index in [0.717, 1.165) is 16.7 Å². The van der Waals surface area contributed by atoms with Crippen molar-refractivity contribution < 1.29 is 14.3 Å². The lowest BCUT2D eigenvalue weighted by molar-refractivity contribution is 0.0161. The second-order valence-corrected chi connectivity index (χ2v) is 6.98. The van der Waals surface area contributed by atoms with Gasteiger partial charge in [-0.15, -0.1) is 0 Å². The zero-order valence-corrected chi connectivity index (χ0v) is 15.5. The molecule has 0 unspecified atom stereocenters. The third kappa shape index (κ3) is 3.87. The van der Waals surface area contributed by atoms with Crippen LogP contribution in [0.5, 0.6) is 11.6 Å². The summed E-state index contributed by atoms with van der Waals surface area (Å²) in [5, 5.41) is 1.08. The summed E-state index contributed by atoms with van der Waals surface area (Å²) in [6.07, 6.45) is 0.0923. The van der Waals surface area contributed by atoms with Crippen molar-refractivity contribution >= 4 is 16.8 Å². The molecule has 0 aliphatic carbocycles. The summed E-state index contributed by atoms with van der Waals surface area (Å²) in [7, 11) is 0. The highest BCUT2D eigenvalue weighted by molar-refractivity contribution is 5.95. The fourth-order valence-electron chi connectivity index (χ4n) is 3.09. The molecule has 0 spiro atoms. The minimum absolute atomic E-state index is 0.0115. The summed E-state index contributed by atoms with van der Waals surface area (Å²) in [5.41, 5.74) is 1.57. The number of hydrogen-bond acceptors (Lipinski definition) is 4. The SMILES string of the molecule is CC(C)Oc1ccc(C(=O)N2CC(Oc3ccc4ccccc4n3)C2)cc1. The Balaban J connectivity index is 1.33. The maximum Gasteiger partial charge on any atom is 0.254 e. The molecule has 2 aromatic carbocycles. The third-order valence-corrected chi connectivity index (χ3v) is 4.47. The van der Waals surface area contributed by atoms with Crippen LogP contribution in [0.3, 0.4) is 0 Å². The van der Waals surface area contributed by atoms with Crippen LogP contribution in [0.15, 0.2) is 60.7 Å². The molecule has 138 valence electrons. The van der Waals surface area contributed by atoms with Gasteiger partial charge in [-0.2, -0.15) is 0 Å². The number of ether oxygens (including phenoxy) is 2. The first-order chi connectivity index (χ1) is 13.1. The van der Waals surface area contributed by atoms with Crippen LogP contribution < -0.4 is 9.47 Å². The van der Waals surface area contributed by atoms with E-state index in [-0.39, 0.29) is 18.1 Å². The Kier molecular flexibility index (Phi) is 4.67. The van der Waals surface area contributed by atoms with Gasteiger partial charge >= 0.3 is 0 Å². The number of carbonyl (C=O) groups excluding carboxylic acids is 1. The van der Waals surface area contributed by atoms with Crippen LogP contribution in [0.25, 0.3) is 10.9 Å². The van der Waals surface area contributed by atoms with Crippen molar-refractivity contribution in [3.8, 4) is 11.6 Å². The Labute approximate surface area is 158 Å². The predicted molar refractivity (Wildman–Crippen MR) is 104 cm³/mol. The Morgan fingerprint density at radius 1 is 1.04 bits per heavy atom. The van der Waals surface area contributed by atoms with E-state index in [1.54, 1.807) is 17.0 Å². The zero-order chi connectivity index (χ0) is 18.8. The van der Waals surface area contributed by atoms with Crippen LogP contribution in [-0.2, 0) is 0 Å². The molecular formula is C22H22N2O3. The minimum atomic E-state index is -0.0221. The van der Waals surface area contributed by atoms with Crippen molar-refractivity contribution in [3.05, 3.63) is 66.2 Å². The lowest BCUT2D eigenvalue weighted by atomic mass is 10.1. The molecule has 3 aromatic rings. The largest absolute Gasteiger partial charge is 0.491 e. The topological polar surface area (TPSA) is 51.7 Å². The lowest BCUT2D eigenvalue weighted by Gasteiger charge is -2.38. The highest BCUT2D eigenvalue weighted by Gasteiger charge is 2.33. The Morgan fingerprint density at radius 2 is 1.78 bits per heavy atom. The first kappa shape index (κ1) is 17.3. The van der Waals surface area contributed by atoms with E-state index >= 15 is 0 Å². The van der Waals surface area contributed by atoms with Crippen molar-refractivity contribution in [2.45, 2.75) is 26.1 Å². The molecule has 5 heteroatoms. The normalized spacial score (nSPS) is 14.3. The van der Waals surface area contributed by atoms with Gasteiger partial charge in [0.15, 0.2) is 0 Å². The van der Waals surface area contributed by atoms with Gasteiger partial charge in [-0.05, 0) is 50.2 Å². The van der Waals surface area contributed by atoms with Gasteiger partial charge in [0.1, 0.15) is 11.9 Å². The van der Waals surface area contributed by atoms with E-state index in [4.69, 9.17) is 9.47 Å². The Morgan fingerprint density at radius 3 is 2.52 bits per heavy atom. The van der Waals surface area contributed by atoms with E-state index in [9.17, 15) is 4.79 Å². The van der Waals surface area contributed by atoms with Crippen LogP contribution in [0.2, 0.25) is 0 Å². The number of likely N-dealkylation sites (tertiary alicyclic amines) is 1. The number of carbonyl (C=O) groups is 1. The molecule has 0 N–H and O–H groups in total. The van der Waals surface area contributed by atoms with E-state index < -0.39 is 0 Å². The van der Waals surface area contributed by atoms with Gasteiger partial charge in [0.05, 0.1) is 24.7 Å². The first-order valence-electron chi connectivity index (χ1n) is 9.17. The predicted octanol–water partition coefficient (Wildman–Crippen LogP) is 3.93. The number of para-hydroxylation sites is 1. The molecule has 0 atom stereocenters. The molecule has 1 saturated heterocycles. The highest BCUT2D eigenvalue weighted by Crippen LogP contribution is 2.22. The molecule has 1 fully saturated rings. The quantitative estimate of drug-likeness (QED) is 0.690. The van der Waals surface area contributed by atoms with Crippen molar-refractivity contribution in [1.82, 2.24) is 9.88 Å². The lowest BCUT2D eigenvalue weighted by Crippen LogP contribution is -2.56. The molecule has 0 bridgehead atoms. The number of amides is 1. The molecule has 0 radical (unpaired) electrons. The molecule has 1 aliphatic rings. The molecule has 2 heterocycles. The molecular weight excluding hydrogens is 340 g/mol. The van der Waals surface area contributed by atoms with Gasteiger partial charge in [-0.3, -0.25) is 4.79 Å². The summed E-state index contributed by atoms with van der Waals surface area (Å²) < 4.78 is 11.5. The Bertz CT molecular complexity index is 947. The maximum atomic E-state index is 12.5. The summed E-state index contributed by atoms with van der Waals surface area (Å²) in [5.74, 6) is 1.38. The number of pyridine rings is 1. The number of fused-ring (bicyclic) bond motifs is 1. The fourth-order valence-corrected chi connectivity index (χ4v) is 3.09. The van der Waals surface area contributed by atoms with Gasteiger partial charge in [0.25, 0.3) is 5.91 Å². The average Bonchev–Trinajstić information content (AvgIpc) is 2.64. The molecule has 1 aliphatic heterocycles. The standard InChI is InChI=1S/C22H22N2O3/c1-15(2)26-18-10-7-17(8-11-18)22(25)24-13-19(14-24)27-21-12-9-16-5-3-4-6-20(16)23-21/h3-12,15,19H,13-14H2,1-2H3. The number of nitrogens with zero attached hydrogens (tertiary/aromatic N) is 2. The van der Waals surface area contributed by atoms with E-state index in [0.29, 0.717) is 24.5 Å². The molecule has 1 aromatic heterocycles. The van der Waals surface area contributed by atoms with Crippen LogP contribution >= 0.6 is 0 Å². The second-order valence-electron chi connectivity index (χ2n) is 6.98. The summed E-state index contributed by atoms with van der Waals surface area (Å²) in [6.45, 7) is 5.09. The van der Waals surface area contributed by atoms with Crippen molar-refractivity contribution in [3.63, 3.8) is 0 Å². The molecule has 27 heavy (non-hydrogen) atoms. The van der Waals surface area contributed by atoms with Crippen LogP contribution in [0.4, 0.5) is 0 Å². The average molecular weight is 362 g/mol. The van der Waals surface area contributed by atoms with Crippen molar-refractivity contribution in [2.75, 3.05) is 13.1 Å². The smallest absolute Gasteiger partial charge is 0.254 e. The monoisotopic (exact) mass is 362 g/mol. The second kappa shape index (κ2) is 7.27. The van der Waals surface area contributed by atoms with Crippen molar-refractivity contribution in [1.29, 1.82) is 0 Å². The summed E-state index contributed by atoms with van der Waals surface area (Å²) >= 11 is 0. The number of aromatic nitrogens is 1. The van der Waals surface area contributed by atoms with Crippen LogP contribution in [0.1, 0.15) is 24.2 Å². The number of hydrogen-bond donors (Lipinski definition) is 0. The Hall–Kier alpha value is -3.08. The number of benzene rings is 2. The summed E-state index contributed by atoms with van der Waals surface area (Å²) in [6, 6.07) is 19.1. The van der Waals surface area contributed by atoms with Crippen molar-refractivity contribution in [2.24, 2.45) is 0 Å². The van der Waals surface area contributed by atoms with Gasteiger partial charge in [0.2, 0.25) is 5.88 Å². The van der Waals surface area contributed by atoms with Crippen LogP contribution in [-0.4, -0.2) is 41.1 Å².